The van der Waals surface area contributed by atoms with Gasteiger partial charge in [-0.05, 0) is 81.3 Å². The van der Waals surface area contributed by atoms with Crippen LogP contribution in [-0.2, 0) is 12.8 Å². The third-order valence-corrected chi connectivity index (χ3v) is 4.83. The average molecular weight is 272 g/mol. The summed E-state index contributed by atoms with van der Waals surface area (Å²) in [7, 11) is 0. The molecule has 1 aromatic rings. The number of rotatable bonds is 4. The Morgan fingerprint density at radius 3 is 2.90 bits per heavy atom. The Bertz CT molecular complexity index is 441. The first-order chi connectivity index (χ1) is 9.85. The van der Waals surface area contributed by atoms with Crippen LogP contribution < -0.4 is 5.32 Å². The highest BCUT2D eigenvalue weighted by molar-refractivity contribution is 5.50. The van der Waals surface area contributed by atoms with Crippen molar-refractivity contribution in [2.45, 2.75) is 57.9 Å². The molecule has 2 heteroatoms. The molecule has 0 amide bonds. The van der Waals surface area contributed by atoms with Crippen molar-refractivity contribution < 1.29 is 0 Å². The number of aryl methyl sites for hydroxylation is 2. The molecule has 20 heavy (non-hydrogen) atoms. The maximum absolute atomic E-state index is 3.79. The Morgan fingerprint density at radius 2 is 2.00 bits per heavy atom. The number of fused-ring (bicyclic) bond motifs is 1. The van der Waals surface area contributed by atoms with Gasteiger partial charge in [-0.3, -0.25) is 0 Å². The third-order valence-electron chi connectivity index (χ3n) is 4.83. The van der Waals surface area contributed by atoms with Gasteiger partial charge in [0, 0.05) is 18.3 Å². The van der Waals surface area contributed by atoms with E-state index in [9.17, 15) is 0 Å². The van der Waals surface area contributed by atoms with Gasteiger partial charge in [-0.15, -0.1) is 0 Å². The van der Waals surface area contributed by atoms with Gasteiger partial charge in [0.2, 0.25) is 0 Å². The molecule has 1 N–H and O–H groups in total. The van der Waals surface area contributed by atoms with Crippen molar-refractivity contribution in [3.63, 3.8) is 0 Å². The summed E-state index contributed by atoms with van der Waals surface area (Å²) in [4.78, 5) is 2.63. The molecule has 1 aliphatic carbocycles. The summed E-state index contributed by atoms with van der Waals surface area (Å²) in [5.41, 5.74) is 4.50. The maximum Gasteiger partial charge on any atom is 0.0345 e. The third kappa shape index (κ3) is 3.35. The highest BCUT2D eigenvalue weighted by atomic mass is 15.1. The molecule has 0 aromatic heterocycles. The highest BCUT2D eigenvalue weighted by Crippen LogP contribution is 2.26. The topological polar surface area (TPSA) is 15.3 Å². The normalized spacial score (nSPS) is 23.4. The number of anilines is 1. The van der Waals surface area contributed by atoms with Crippen molar-refractivity contribution in [2.24, 2.45) is 0 Å². The average Bonchev–Trinajstić information content (AvgIpc) is 2.81. The van der Waals surface area contributed by atoms with E-state index in [-0.39, 0.29) is 0 Å². The zero-order valence-corrected chi connectivity index (χ0v) is 12.8. The van der Waals surface area contributed by atoms with Gasteiger partial charge >= 0.3 is 0 Å². The molecule has 1 saturated heterocycles. The summed E-state index contributed by atoms with van der Waals surface area (Å²) in [5.74, 6) is 0. The lowest BCUT2D eigenvalue weighted by Gasteiger charge is -2.20. The van der Waals surface area contributed by atoms with E-state index in [1.54, 1.807) is 11.1 Å². The molecule has 1 aliphatic heterocycles. The van der Waals surface area contributed by atoms with E-state index < -0.39 is 0 Å². The minimum absolute atomic E-state index is 0.663. The first-order valence-corrected chi connectivity index (χ1v) is 8.46. The molecule has 1 fully saturated rings. The van der Waals surface area contributed by atoms with Crippen LogP contribution in [0.2, 0.25) is 0 Å². The fourth-order valence-electron chi connectivity index (χ4n) is 3.74. The predicted octanol–water partition coefficient (Wildman–Crippen LogP) is 3.85. The molecule has 3 rings (SSSR count). The Morgan fingerprint density at radius 1 is 1.10 bits per heavy atom. The van der Waals surface area contributed by atoms with Crippen molar-refractivity contribution >= 4 is 5.69 Å². The number of nitrogens with zero attached hydrogens (tertiary/aromatic N) is 1. The summed E-state index contributed by atoms with van der Waals surface area (Å²) in [6.07, 6.45) is 9.12. The minimum atomic E-state index is 0.663. The lowest BCUT2D eigenvalue weighted by atomic mass is 10.1. The zero-order valence-electron chi connectivity index (χ0n) is 12.8. The van der Waals surface area contributed by atoms with E-state index in [1.165, 1.54) is 70.3 Å². The second-order valence-electron chi connectivity index (χ2n) is 6.45. The molecule has 1 unspecified atom stereocenters. The van der Waals surface area contributed by atoms with Gasteiger partial charge in [-0.25, -0.2) is 0 Å². The first kappa shape index (κ1) is 13.9. The molecule has 110 valence electrons. The largest absolute Gasteiger partial charge is 0.382 e. The van der Waals surface area contributed by atoms with Gasteiger partial charge in [-0.2, -0.15) is 0 Å². The molecule has 1 heterocycles. The molecule has 2 aliphatic rings. The van der Waals surface area contributed by atoms with Crippen LogP contribution >= 0.6 is 0 Å². The molecule has 1 atom stereocenters. The van der Waals surface area contributed by atoms with Gasteiger partial charge in [0.15, 0.2) is 0 Å². The van der Waals surface area contributed by atoms with Crippen LogP contribution in [0, 0.1) is 0 Å². The lowest BCUT2D eigenvalue weighted by Crippen LogP contribution is -2.27. The van der Waals surface area contributed by atoms with Gasteiger partial charge < -0.3 is 10.2 Å². The Kier molecular flexibility index (Phi) is 4.62. The Labute approximate surface area is 123 Å². The Balaban J connectivity index is 1.57. The number of hydrogen-bond donors (Lipinski definition) is 1. The first-order valence-electron chi connectivity index (χ1n) is 8.46. The van der Waals surface area contributed by atoms with Crippen molar-refractivity contribution in [3.05, 3.63) is 29.3 Å². The summed E-state index contributed by atoms with van der Waals surface area (Å²) >= 11 is 0. The quantitative estimate of drug-likeness (QED) is 0.895. The standard InChI is InChI=1S/C18H28N2/c1-2-11-20-12-4-7-17(10-13-20)19-18-9-8-15-5-3-6-16(15)14-18/h8-9,14,17,19H,2-7,10-13H2,1H3. The van der Waals surface area contributed by atoms with Crippen molar-refractivity contribution in [1.29, 1.82) is 0 Å². The molecule has 0 radical (unpaired) electrons. The Hall–Kier alpha value is -1.02. The lowest BCUT2D eigenvalue weighted by molar-refractivity contribution is 0.285. The molecule has 2 nitrogen and oxygen atoms in total. The van der Waals surface area contributed by atoms with Crippen LogP contribution in [0.5, 0.6) is 0 Å². The van der Waals surface area contributed by atoms with E-state index in [4.69, 9.17) is 0 Å². The predicted molar refractivity (Wildman–Crippen MR) is 86.5 cm³/mol. The fraction of sp³-hybridized carbons (Fsp3) is 0.667. The summed E-state index contributed by atoms with van der Waals surface area (Å²) in [6.45, 7) is 6.10. The van der Waals surface area contributed by atoms with Gasteiger partial charge in [0.05, 0.1) is 0 Å². The number of hydrogen-bond acceptors (Lipinski definition) is 2. The van der Waals surface area contributed by atoms with Crippen LogP contribution in [0.1, 0.15) is 50.2 Å². The van der Waals surface area contributed by atoms with Crippen LogP contribution in [0.25, 0.3) is 0 Å². The van der Waals surface area contributed by atoms with Crippen molar-refractivity contribution in [1.82, 2.24) is 4.90 Å². The van der Waals surface area contributed by atoms with Gasteiger partial charge in [0.1, 0.15) is 0 Å². The number of likely N-dealkylation sites (tertiary alicyclic amines) is 1. The monoisotopic (exact) mass is 272 g/mol. The molecular formula is C18H28N2. The molecule has 0 saturated carbocycles. The minimum Gasteiger partial charge on any atom is -0.382 e. The van der Waals surface area contributed by atoms with Crippen molar-refractivity contribution in [3.8, 4) is 0 Å². The second kappa shape index (κ2) is 6.62. The second-order valence-corrected chi connectivity index (χ2v) is 6.45. The molecule has 0 spiro atoms. The van der Waals surface area contributed by atoms with Crippen LogP contribution in [-0.4, -0.2) is 30.6 Å². The number of nitrogens with one attached hydrogen (secondary N) is 1. The smallest absolute Gasteiger partial charge is 0.0345 e. The molecular weight excluding hydrogens is 244 g/mol. The number of benzene rings is 1. The molecule has 0 bridgehead atoms. The van der Waals surface area contributed by atoms with Gasteiger partial charge in [-0.1, -0.05) is 13.0 Å². The summed E-state index contributed by atoms with van der Waals surface area (Å²) < 4.78 is 0. The fourth-order valence-corrected chi connectivity index (χ4v) is 3.74. The van der Waals surface area contributed by atoms with E-state index in [0.29, 0.717) is 6.04 Å². The maximum atomic E-state index is 3.79. The SMILES string of the molecule is CCCN1CCCC(Nc2ccc3c(c2)CCC3)CC1. The highest BCUT2D eigenvalue weighted by Gasteiger charge is 2.17. The van der Waals surface area contributed by atoms with E-state index in [0.717, 1.165) is 0 Å². The summed E-state index contributed by atoms with van der Waals surface area (Å²) in [6, 6.07) is 7.69. The van der Waals surface area contributed by atoms with Crippen LogP contribution in [0.4, 0.5) is 5.69 Å². The zero-order chi connectivity index (χ0) is 13.8. The molecule has 1 aromatic carbocycles. The van der Waals surface area contributed by atoms with Crippen LogP contribution in [0.3, 0.4) is 0 Å². The van der Waals surface area contributed by atoms with E-state index in [1.807, 2.05) is 0 Å². The van der Waals surface area contributed by atoms with Gasteiger partial charge in [0.25, 0.3) is 0 Å². The van der Waals surface area contributed by atoms with Crippen LogP contribution in [0.15, 0.2) is 18.2 Å². The van der Waals surface area contributed by atoms with Crippen molar-refractivity contribution in [2.75, 3.05) is 25.0 Å². The summed E-state index contributed by atoms with van der Waals surface area (Å²) in [5, 5.41) is 3.79. The van der Waals surface area contributed by atoms with E-state index >= 15 is 0 Å². The van der Waals surface area contributed by atoms with E-state index in [2.05, 4.69) is 35.3 Å².